The van der Waals surface area contributed by atoms with E-state index < -0.39 is 0 Å². The lowest BCUT2D eigenvalue weighted by Gasteiger charge is -2.03. The summed E-state index contributed by atoms with van der Waals surface area (Å²) in [6, 6.07) is 10.3. The molecule has 2 rings (SSSR count). The molecule has 0 spiro atoms. The molecule has 2 N–H and O–H groups in total. The van der Waals surface area contributed by atoms with Crippen molar-refractivity contribution >= 4 is 63.7 Å². The van der Waals surface area contributed by atoms with Crippen LogP contribution < -0.4 is 0 Å². The highest BCUT2D eigenvalue weighted by atomic mass is 79.9. The molecule has 0 saturated heterocycles. The molecule has 21 heavy (non-hydrogen) atoms. The lowest BCUT2D eigenvalue weighted by atomic mass is 10.3. The van der Waals surface area contributed by atoms with Gasteiger partial charge in [-0.3, -0.25) is 0 Å². The normalized spacial score (nSPS) is 9.05. The fraction of sp³-hybridized carbons (Fsp3) is 0.200. The van der Waals surface area contributed by atoms with Crippen molar-refractivity contribution in [1.29, 1.82) is 0 Å². The molecule has 2 nitrogen and oxygen atoms in total. The molecule has 0 radical (unpaired) electrons. The van der Waals surface area contributed by atoms with E-state index in [1.165, 1.54) is 6.42 Å². The molecule has 0 saturated carbocycles. The quantitative estimate of drug-likeness (QED) is 0.269. The molecule has 0 aliphatic rings. The highest BCUT2D eigenvalue weighted by Gasteiger charge is 2.09. The average molecular weight is 548 g/mol. The Balaban J connectivity index is 0.000000342. The van der Waals surface area contributed by atoms with E-state index in [2.05, 4.69) is 77.6 Å². The van der Waals surface area contributed by atoms with Crippen LogP contribution in [0.3, 0.4) is 0 Å². The Kier molecular flexibility index (Phi) is 11.5. The minimum Gasteiger partial charge on any atom is -0.508 e. The Labute approximate surface area is 159 Å². The molecule has 6 heteroatoms. The predicted molar refractivity (Wildman–Crippen MR) is 103 cm³/mol. The molecule has 0 unspecified atom stereocenters. The Morgan fingerprint density at radius 1 is 0.810 bits per heavy atom. The number of rotatable bonds is 0. The van der Waals surface area contributed by atoms with Crippen LogP contribution in [-0.4, -0.2) is 10.2 Å². The first-order valence-corrected chi connectivity index (χ1v) is 9.28. The van der Waals surface area contributed by atoms with Crippen molar-refractivity contribution < 1.29 is 10.2 Å². The molecule has 0 aliphatic heterocycles. The number of aromatic hydroxyl groups is 2. The molecule has 0 aliphatic carbocycles. The van der Waals surface area contributed by atoms with Crippen LogP contribution in [0.4, 0.5) is 0 Å². The number of phenolic OH excluding ortho intramolecular Hbond substituents is 2. The van der Waals surface area contributed by atoms with E-state index in [0.29, 0.717) is 10.2 Å². The van der Waals surface area contributed by atoms with Gasteiger partial charge in [0.25, 0.3) is 0 Å². The van der Waals surface area contributed by atoms with Crippen molar-refractivity contribution in [3.05, 3.63) is 54.3 Å². The smallest absolute Gasteiger partial charge is 0.132 e. The first-order chi connectivity index (χ1) is 9.84. The van der Waals surface area contributed by atoms with Crippen LogP contribution in [0.25, 0.3) is 0 Å². The van der Waals surface area contributed by atoms with Crippen molar-refractivity contribution in [2.75, 3.05) is 0 Å². The number of halogens is 4. The maximum atomic E-state index is 9.28. The Morgan fingerprint density at radius 2 is 1.29 bits per heavy atom. The standard InChI is InChI=1S/C6H2Br4O.C6H6O.C3H8/c7-2-1-3(11)5(9)6(10)4(2)8;7-6-4-2-1-3-5-6;1-3-2/h1,11H;1-5,7H;3H2,1-2H3. The molecule has 116 valence electrons. The molecule has 0 aromatic heterocycles. The van der Waals surface area contributed by atoms with Crippen LogP contribution in [0.1, 0.15) is 20.3 Å². The lowest BCUT2D eigenvalue weighted by Crippen LogP contribution is -1.76. The van der Waals surface area contributed by atoms with Crippen molar-refractivity contribution in [2.45, 2.75) is 20.3 Å². The molecule has 0 fully saturated rings. The third-order valence-corrected chi connectivity index (χ3v) is 6.48. The van der Waals surface area contributed by atoms with Gasteiger partial charge in [-0.2, -0.15) is 0 Å². The fourth-order valence-electron chi connectivity index (χ4n) is 0.988. The highest BCUT2D eigenvalue weighted by molar-refractivity contribution is 9.15. The number of hydrogen-bond acceptors (Lipinski definition) is 2. The number of phenols is 2. The number of para-hydroxylation sites is 1. The summed E-state index contributed by atoms with van der Waals surface area (Å²) in [6.45, 7) is 4.25. The van der Waals surface area contributed by atoms with Gasteiger partial charge in [0.05, 0.1) is 8.95 Å². The maximum Gasteiger partial charge on any atom is 0.132 e. The topological polar surface area (TPSA) is 40.5 Å². The summed E-state index contributed by atoms with van der Waals surface area (Å²) in [5, 5.41) is 17.9. The van der Waals surface area contributed by atoms with Crippen LogP contribution in [0.15, 0.2) is 54.3 Å². The van der Waals surface area contributed by atoms with E-state index in [9.17, 15) is 5.11 Å². The van der Waals surface area contributed by atoms with Gasteiger partial charge in [-0.1, -0.05) is 38.5 Å². The first-order valence-electron chi connectivity index (χ1n) is 6.11. The van der Waals surface area contributed by atoms with Crippen LogP contribution in [0.5, 0.6) is 11.5 Å². The Morgan fingerprint density at radius 3 is 1.67 bits per heavy atom. The third-order valence-electron chi connectivity index (χ3n) is 1.84. The van der Waals surface area contributed by atoms with Gasteiger partial charge in [0, 0.05) is 8.95 Å². The molecule has 2 aromatic carbocycles. The van der Waals surface area contributed by atoms with Gasteiger partial charge < -0.3 is 10.2 Å². The largest absolute Gasteiger partial charge is 0.508 e. The second-order valence-corrected chi connectivity index (χ2v) is 7.10. The average Bonchev–Trinajstić information content (AvgIpc) is 2.45. The van der Waals surface area contributed by atoms with Gasteiger partial charge in [-0.05, 0) is 81.9 Å². The zero-order valence-electron chi connectivity index (χ0n) is 11.6. The lowest BCUT2D eigenvalue weighted by molar-refractivity contribution is 0.471. The first kappa shape index (κ1) is 21.0. The molecule has 2 aromatic rings. The summed E-state index contributed by atoms with van der Waals surface area (Å²) in [4.78, 5) is 0. The monoisotopic (exact) mass is 544 g/mol. The number of hydrogen-bond donors (Lipinski definition) is 2. The van der Waals surface area contributed by atoms with E-state index in [0.717, 1.165) is 13.4 Å². The maximum absolute atomic E-state index is 9.28. The van der Waals surface area contributed by atoms with E-state index in [1.807, 2.05) is 6.07 Å². The zero-order valence-corrected chi connectivity index (χ0v) is 17.9. The zero-order chi connectivity index (χ0) is 16.4. The minimum absolute atomic E-state index is 0.201. The van der Waals surface area contributed by atoms with Gasteiger partial charge in [-0.25, -0.2) is 0 Å². The van der Waals surface area contributed by atoms with E-state index in [1.54, 1.807) is 30.3 Å². The number of benzene rings is 2. The van der Waals surface area contributed by atoms with Gasteiger partial charge in [0.2, 0.25) is 0 Å². The Hall–Kier alpha value is -0.0400. The van der Waals surface area contributed by atoms with Crippen molar-refractivity contribution in [3.8, 4) is 11.5 Å². The molecule has 0 atom stereocenters. The summed E-state index contributed by atoms with van der Waals surface area (Å²) in [7, 11) is 0. The molecular formula is C15H16Br4O2. The summed E-state index contributed by atoms with van der Waals surface area (Å²) in [5.74, 6) is 0.523. The Bertz CT molecular complexity index is 519. The van der Waals surface area contributed by atoms with Gasteiger partial charge >= 0.3 is 0 Å². The van der Waals surface area contributed by atoms with E-state index >= 15 is 0 Å². The van der Waals surface area contributed by atoms with Crippen LogP contribution in [0, 0.1) is 0 Å². The molecule has 0 bridgehead atoms. The van der Waals surface area contributed by atoms with Crippen LogP contribution >= 0.6 is 63.7 Å². The van der Waals surface area contributed by atoms with Gasteiger partial charge in [-0.15, -0.1) is 0 Å². The summed E-state index contributed by atoms with van der Waals surface area (Å²) in [6.07, 6.45) is 1.25. The van der Waals surface area contributed by atoms with Crippen molar-refractivity contribution in [3.63, 3.8) is 0 Å². The predicted octanol–water partition coefficient (Wildman–Crippen LogP) is 7.25. The van der Waals surface area contributed by atoms with Gasteiger partial charge in [0.1, 0.15) is 11.5 Å². The summed E-state index contributed by atoms with van der Waals surface area (Å²) in [5.41, 5.74) is 0. The van der Waals surface area contributed by atoms with Crippen molar-refractivity contribution in [2.24, 2.45) is 0 Å². The van der Waals surface area contributed by atoms with Gasteiger partial charge in [0.15, 0.2) is 0 Å². The highest BCUT2D eigenvalue weighted by Crippen LogP contribution is 2.41. The van der Waals surface area contributed by atoms with E-state index in [4.69, 9.17) is 5.11 Å². The fourth-order valence-corrected chi connectivity index (χ4v) is 2.98. The second kappa shape index (κ2) is 11.5. The summed E-state index contributed by atoms with van der Waals surface area (Å²) >= 11 is 13.1. The molecule has 0 amide bonds. The second-order valence-electron chi connectivity index (χ2n) is 3.86. The SMILES string of the molecule is CCC.Oc1cc(Br)c(Br)c(Br)c1Br.Oc1ccccc1. The minimum atomic E-state index is 0.201. The van der Waals surface area contributed by atoms with Crippen LogP contribution in [-0.2, 0) is 0 Å². The summed E-state index contributed by atoms with van der Waals surface area (Å²) < 4.78 is 3.13. The van der Waals surface area contributed by atoms with Crippen LogP contribution in [0.2, 0.25) is 0 Å². The van der Waals surface area contributed by atoms with Crippen molar-refractivity contribution in [1.82, 2.24) is 0 Å². The third kappa shape index (κ3) is 8.24. The molecular weight excluding hydrogens is 532 g/mol. The molecule has 0 heterocycles. The van der Waals surface area contributed by atoms with E-state index in [-0.39, 0.29) is 5.75 Å².